The second-order valence-electron chi connectivity index (χ2n) is 8.23. The van der Waals surface area contributed by atoms with Crippen LogP contribution in [0.25, 0.3) is 17.5 Å². The number of carboxylic acid groups (broad SMARTS) is 1. The van der Waals surface area contributed by atoms with Crippen LogP contribution in [-0.4, -0.2) is 37.8 Å². The van der Waals surface area contributed by atoms with Gasteiger partial charge < -0.3 is 20.1 Å². The van der Waals surface area contributed by atoms with E-state index in [4.69, 9.17) is 10.1 Å². The second kappa shape index (κ2) is 11.6. The number of hydrogen-bond donors (Lipinski definition) is 3. The normalized spacial score (nSPS) is 15.2. The zero-order valence-electron chi connectivity index (χ0n) is 19.4. The summed E-state index contributed by atoms with van der Waals surface area (Å²) in [6, 6.07) is 3.74. The molecule has 3 N–H and O–H groups in total. The van der Waals surface area contributed by atoms with Crippen molar-refractivity contribution >= 4 is 18.0 Å². The first-order valence-corrected chi connectivity index (χ1v) is 11.4. The van der Waals surface area contributed by atoms with E-state index in [1.807, 2.05) is 29.0 Å². The van der Waals surface area contributed by atoms with E-state index in [2.05, 4.69) is 16.9 Å². The van der Waals surface area contributed by atoms with E-state index in [1.54, 1.807) is 19.3 Å². The third-order valence-electron chi connectivity index (χ3n) is 5.57. The van der Waals surface area contributed by atoms with E-state index >= 15 is 0 Å². The summed E-state index contributed by atoms with van der Waals surface area (Å²) in [5.74, 6) is 0.0392. The number of nitrogens with zero attached hydrogens (tertiary/aromatic N) is 3. The molecule has 0 aliphatic heterocycles. The van der Waals surface area contributed by atoms with Gasteiger partial charge in [-0.2, -0.15) is 0 Å². The molecule has 0 bridgehead atoms. The van der Waals surface area contributed by atoms with Crippen LogP contribution in [0.3, 0.4) is 0 Å². The van der Waals surface area contributed by atoms with Gasteiger partial charge in [-0.3, -0.25) is 4.79 Å². The molecule has 34 heavy (non-hydrogen) atoms. The predicted molar refractivity (Wildman–Crippen MR) is 132 cm³/mol. The summed E-state index contributed by atoms with van der Waals surface area (Å²) in [6.45, 7) is 3.51. The first kappa shape index (κ1) is 25.1. The molecule has 2 aromatic heterocycles. The summed E-state index contributed by atoms with van der Waals surface area (Å²) in [5, 5.41) is 22.8. The van der Waals surface area contributed by atoms with Gasteiger partial charge in [0.15, 0.2) is 0 Å². The van der Waals surface area contributed by atoms with Crippen LogP contribution in [0, 0.1) is 0 Å². The molecular formula is C26H31FN4O3. The Morgan fingerprint density at radius 2 is 2.15 bits per heavy atom. The van der Waals surface area contributed by atoms with E-state index in [-0.39, 0.29) is 6.42 Å². The monoisotopic (exact) mass is 466 g/mol. The highest BCUT2D eigenvalue weighted by Crippen LogP contribution is 2.46. The Morgan fingerprint density at radius 1 is 1.35 bits per heavy atom. The van der Waals surface area contributed by atoms with E-state index in [0.717, 1.165) is 17.7 Å². The van der Waals surface area contributed by atoms with Crippen molar-refractivity contribution in [3.8, 4) is 11.3 Å². The number of unbranched alkanes of at least 4 members (excludes halogenated alkanes) is 2. The largest absolute Gasteiger partial charge is 0.481 e. The third-order valence-corrected chi connectivity index (χ3v) is 5.57. The van der Waals surface area contributed by atoms with Crippen molar-refractivity contribution in [1.82, 2.24) is 14.5 Å². The van der Waals surface area contributed by atoms with Gasteiger partial charge in [0.25, 0.3) is 0 Å². The molecule has 180 valence electrons. The Hall–Kier alpha value is -3.52. The number of aliphatic carboxylic acids is 1. The summed E-state index contributed by atoms with van der Waals surface area (Å²) < 4.78 is 15.8. The van der Waals surface area contributed by atoms with Crippen LogP contribution in [0.2, 0.25) is 0 Å². The lowest BCUT2D eigenvalue weighted by atomic mass is 10.1. The van der Waals surface area contributed by atoms with Crippen LogP contribution in [0.1, 0.15) is 50.0 Å². The average molecular weight is 467 g/mol. The van der Waals surface area contributed by atoms with Crippen molar-refractivity contribution in [1.29, 1.82) is 0 Å². The quantitative estimate of drug-likeness (QED) is 0.276. The van der Waals surface area contributed by atoms with Crippen LogP contribution in [0.5, 0.6) is 0 Å². The lowest BCUT2D eigenvalue weighted by molar-refractivity contribution is -0.137. The van der Waals surface area contributed by atoms with Crippen LogP contribution in [0.4, 0.5) is 10.2 Å². The number of halogens is 1. The highest BCUT2D eigenvalue weighted by atomic mass is 19.1. The zero-order valence-corrected chi connectivity index (χ0v) is 19.4. The van der Waals surface area contributed by atoms with Gasteiger partial charge in [-0.15, -0.1) is 0 Å². The van der Waals surface area contributed by atoms with Crippen LogP contribution in [-0.2, 0) is 16.8 Å². The molecule has 7 nitrogen and oxygen atoms in total. The Kier molecular flexibility index (Phi) is 8.54. The van der Waals surface area contributed by atoms with Crippen LogP contribution >= 0.6 is 0 Å². The van der Waals surface area contributed by atoms with Gasteiger partial charge in [-0.1, -0.05) is 24.8 Å². The maximum atomic E-state index is 13.9. The maximum absolute atomic E-state index is 13.9. The summed E-state index contributed by atoms with van der Waals surface area (Å²) in [5.41, 5.74) is 1.36. The molecule has 0 unspecified atom stereocenters. The molecule has 8 heteroatoms. The second-order valence-corrected chi connectivity index (χ2v) is 8.23. The molecule has 2 heterocycles. The average Bonchev–Trinajstić information content (AvgIpc) is 3.46. The Balaban J connectivity index is 1.99. The third kappa shape index (κ3) is 6.51. The van der Waals surface area contributed by atoms with E-state index in [1.165, 1.54) is 18.2 Å². The smallest absolute Gasteiger partial charge is 0.303 e. The van der Waals surface area contributed by atoms with Crippen molar-refractivity contribution in [3.63, 3.8) is 0 Å². The van der Waals surface area contributed by atoms with Crippen molar-refractivity contribution < 1.29 is 19.4 Å². The van der Waals surface area contributed by atoms with Gasteiger partial charge >= 0.3 is 5.97 Å². The fraction of sp³-hybridized carbons (Fsp3) is 0.346. The fourth-order valence-corrected chi connectivity index (χ4v) is 3.61. The number of aliphatic hydroxyl groups is 1. The summed E-state index contributed by atoms with van der Waals surface area (Å²) >= 11 is 0. The highest BCUT2D eigenvalue weighted by molar-refractivity contribution is 5.67. The number of aromatic nitrogens is 3. The van der Waals surface area contributed by atoms with E-state index in [0.29, 0.717) is 49.4 Å². The predicted octanol–water partition coefficient (Wildman–Crippen LogP) is 5.22. The Bertz CT molecular complexity index is 1110. The molecule has 0 radical (unpaired) electrons. The number of carboxylic acids is 1. The summed E-state index contributed by atoms with van der Waals surface area (Å²) in [4.78, 5) is 19.8. The molecule has 2 aromatic rings. The molecule has 1 aliphatic rings. The van der Waals surface area contributed by atoms with E-state index < -0.39 is 17.4 Å². The van der Waals surface area contributed by atoms with Crippen LogP contribution < -0.4 is 5.32 Å². The molecule has 1 fully saturated rings. The lowest BCUT2D eigenvalue weighted by Gasteiger charge is -2.11. The molecular weight excluding hydrogens is 435 g/mol. The maximum Gasteiger partial charge on any atom is 0.303 e. The van der Waals surface area contributed by atoms with Gasteiger partial charge in [0.1, 0.15) is 23.1 Å². The van der Waals surface area contributed by atoms with Crippen molar-refractivity contribution in [2.75, 3.05) is 12.4 Å². The van der Waals surface area contributed by atoms with E-state index in [9.17, 15) is 14.3 Å². The molecule has 1 saturated carbocycles. The first-order chi connectivity index (χ1) is 16.4. The van der Waals surface area contributed by atoms with Crippen molar-refractivity contribution in [3.05, 3.63) is 72.6 Å². The van der Waals surface area contributed by atoms with Gasteiger partial charge in [-0.25, -0.2) is 14.4 Å². The number of carbonyl (C=O) groups is 1. The molecule has 0 saturated heterocycles. The number of imidazole rings is 1. The Morgan fingerprint density at radius 3 is 2.82 bits per heavy atom. The fourth-order valence-electron chi connectivity index (χ4n) is 3.61. The SMILES string of the molecule is C=C/C=C(F)\C=C/Cc1c(-c2ccnc(NC)c2)nc(C2(O)CC2)n1/C=C/CCCCC(=O)O. The first-order valence-electron chi connectivity index (χ1n) is 11.4. The highest BCUT2D eigenvalue weighted by Gasteiger charge is 2.47. The van der Waals surface area contributed by atoms with Gasteiger partial charge in [0.2, 0.25) is 0 Å². The molecule has 0 atom stereocenters. The molecule has 0 amide bonds. The topological polar surface area (TPSA) is 100 Å². The minimum atomic E-state index is -0.989. The number of rotatable bonds is 13. The minimum Gasteiger partial charge on any atom is -0.481 e. The number of hydrogen-bond acceptors (Lipinski definition) is 5. The number of allylic oxidation sites excluding steroid dienone is 6. The standard InChI is InChI=1S/C26H31FN4O3/c1-3-9-20(27)10-8-11-21-24(19-13-16-29-22(18-19)28-2)30-25(26(34)14-15-26)31(21)17-7-5-4-6-12-23(32)33/h3,7-10,13,16-18,34H,1,4-6,11-12,14-15H2,2H3,(H,28,29)(H,32,33)/b10-8-,17-7+,20-9+. The van der Waals surface area contributed by atoms with Gasteiger partial charge in [-0.05, 0) is 56.4 Å². The number of anilines is 1. The van der Waals surface area contributed by atoms with Crippen LogP contribution in [0.15, 0.2) is 61.1 Å². The van der Waals surface area contributed by atoms with Gasteiger partial charge in [0, 0.05) is 37.8 Å². The summed E-state index contributed by atoms with van der Waals surface area (Å²) in [7, 11) is 1.79. The number of pyridine rings is 1. The molecule has 3 rings (SSSR count). The van der Waals surface area contributed by atoms with Crippen molar-refractivity contribution in [2.45, 2.75) is 50.5 Å². The molecule has 0 spiro atoms. The lowest BCUT2D eigenvalue weighted by Crippen LogP contribution is -2.12. The summed E-state index contributed by atoms with van der Waals surface area (Å²) in [6.07, 6.45) is 15.1. The zero-order chi connectivity index (χ0) is 24.6. The Labute approximate surface area is 199 Å². The number of nitrogens with one attached hydrogen (secondary N) is 1. The van der Waals surface area contributed by atoms with Crippen molar-refractivity contribution in [2.24, 2.45) is 0 Å². The van der Waals surface area contributed by atoms with Gasteiger partial charge in [0.05, 0.1) is 11.4 Å². The molecule has 0 aromatic carbocycles. The minimum absolute atomic E-state index is 0.143. The molecule has 1 aliphatic carbocycles.